The maximum atomic E-state index is 10.6. The Morgan fingerprint density at radius 3 is 2.88 bits per heavy atom. The molecule has 0 aromatic carbocycles. The smallest absolute Gasteiger partial charge is 0.259 e. The zero-order valence-corrected chi connectivity index (χ0v) is 9.48. The third-order valence-electron chi connectivity index (χ3n) is 2.78. The molecule has 86 valence electrons. The minimum absolute atomic E-state index is 0.0294. The van der Waals surface area contributed by atoms with Crippen LogP contribution in [0.2, 0.25) is 0 Å². The second kappa shape index (κ2) is 6.06. The fourth-order valence-corrected chi connectivity index (χ4v) is 1.84. The van der Waals surface area contributed by atoms with Crippen molar-refractivity contribution in [3.8, 4) is 6.07 Å². The molecule has 0 radical (unpaired) electrons. The van der Waals surface area contributed by atoms with Gasteiger partial charge in [0.15, 0.2) is 0 Å². The van der Waals surface area contributed by atoms with Crippen molar-refractivity contribution >= 4 is 0 Å². The molecule has 0 fully saturated rings. The van der Waals surface area contributed by atoms with Crippen LogP contribution in [0.25, 0.3) is 0 Å². The highest BCUT2D eigenvalue weighted by Gasteiger charge is 2.27. The number of unbranched alkanes of at least 4 members (excludes halogenated alkanes) is 2. The average molecular weight is 220 g/mol. The molecule has 0 saturated carbocycles. The van der Waals surface area contributed by atoms with E-state index in [0.717, 1.165) is 24.8 Å². The Kier molecular flexibility index (Phi) is 4.71. The molecular formula is C12H16N2O2. The molecule has 0 bridgehead atoms. The van der Waals surface area contributed by atoms with Crippen LogP contribution in [0.1, 0.15) is 39.0 Å². The van der Waals surface area contributed by atoms with E-state index in [2.05, 4.69) is 6.92 Å². The summed E-state index contributed by atoms with van der Waals surface area (Å²) in [5.41, 5.74) is 1.19. The van der Waals surface area contributed by atoms with Crippen LogP contribution in [0.5, 0.6) is 0 Å². The molecular weight excluding hydrogens is 204 g/mol. The first-order valence-electron chi connectivity index (χ1n) is 5.62. The highest BCUT2D eigenvalue weighted by Crippen LogP contribution is 2.27. The van der Waals surface area contributed by atoms with Crippen LogP contribution in [0, 0.1) is 27.4 Å². The third-order valence-corrected chi connectivity index (χ3v) is 2.78. The van der Waals surface area contributed by atoms with Crippen molar-refractivity contribution in [3.05, 3.63) is 33.5 Å². The molecule has 4 heteroatoms. The first-order chi connectivity index (χ1) is 7.69. The highest BCUT2D eigenvalue weighted by molar-refractivity contribution is 5.26. The van der Waals surface area contributed by atoms with Gasteiger partial charge in [0.25, 0.3) is 5.70 Å². The van der Waals surface area contributed by atoms with E-state index in [0.29, 0.717) is 6.42 Å². The second-order valence-corrected chi connectivity index (χ2v) is 4.02. The summed E-state index contributed by atoms with van der Waals surface area (Å²) in [6.45, 7) is 2.14. The Hall–Kier alpha value is -1.63. The van der Waals surface area contributed by atoms with Crippen LogP contribution >= 0.6 is 0 Å². The Balaban J connectivity index is 2.64. The van der Waals surface area contributed by atoms with Gasteiger partial charge in [-0.15, -0.1) is 0 Å². The lowest BCUT2D eigenvalue weighted by molar-refractivity contribution is -0.432. The largest absolute Gasteiger partial charge is 0.263 e. The SMILES string of the molecule is CCCCCC1=CC=C([N+](=O)[O-])C(C#N)C1. The lowest BCUT2D eigenvalue weighted by Gasteiger charge is -2.13. The van der Waals surface area contributed by atoms with Crippen molar-refractivity contribution in [3.63, 3.8) is 0 Å². The molecule has 0 aromatic rings. The first-order valence-corrected chi connectivity index (χ1v) is 5.62. The fraction of sp³-hybridized carbons (Fsp3) is 0.583. The van der Waals surface area contributed by atoms with Crippen LogP contribution in [-0.4, -0.2) is 4.92 Å². The van der Waals surface area contributed by atoms with Crippen molar-refractivity contribution < 1.29 is 4.92 Å². The van der Waals surface area contributed by atoms with E-state index in [9.17, 15) is 10.1 Å². The summed E-state index contributed by atoms with van der Waals surface area (Å²) >= 11 is 0. The molecule has 0 saturated heterocycles. The lowest BCUT2D eigenvalue weighted by atomic mass is 9.90. The van der Waals surface area contributed by atoms with Crippen molar-refractivity contribution in [2.75, 3.05) is 0 Å². The number of allylic oxidation sites excluding steroid dienone is 4. The standard InChI is InChI=1S/C12H16N2O2/c1-2-3-4-5-10-6-7-12(14(15)16)11(8-10)9-13/h6-7,11H,2-5,8H2,1H3. The Morgan fingerprint density at radius 1 is 1.56 bits per heavy atom. The summed E-state index contributed by atoms with van der Waals surface area (Å²) in [5.74, 6) is -0.573. The highest BCUT2D eigenvalue weighted by atomic mass is 16.6. The van der Waals surface area contributed by atoms with Gasteiger partial charge in [0.2, 0.25) is 0 Å². The molecule has 1 aliphatic rings. The van der Waals surface area contributed by atoms with Gasteiger partial charge < -0.3 is 0 Å². The number of nitrogens with zero attached hydrogens (tertiary/aromatic N) is 2. The van der Waals surface area contributed by atoms with E-state index < -0.39 is 10.8 Å². The number of rotatable bonds is 5. The van der Waals surface area contributed by atoms with Gasteiger partial charge in [-0.25, -0.2) is 0 Å². The van der Waals surface area contributed by atoms with Crippen molar-refractivity contribution in [2.45, 2.75) is 39.0 Å². The molecule has 1 unspecified atom stereocenters. The Bertz CT molecular complexity index is 364. The van der Waals surface area contributed by atoms with Crippen LogP contribution in [-0.2, 0) is 0 Å². The monoisotopic (exact) mass is 220 g/mol. The first kappa shape index (κ1) is 12.4. The van der Waals surface area contributed by atoms with E-state index in [4.69, 9.17) is 5.26 Å². The minimum atomic E-state index is -0.573. The predicted molar refractivity (Wildman–Crippen MR) is 61.0 cm³/mol. The van der Waals surface area contributed by atoms with Crippen LogP contribution in [0.4, 0.5) is 0 Å². The van der Waals surface area contributed by atoms with E-state index in [1.54, 1.807) is 0 Å². The Morgan fingerprint density at radius 2 is 2.31 bits per heavy atom. The molecule has 16 heavy (non-hydrogen) atoms. The Labute approximate surface area is 95.4 Å². The van der Waals surface area contributed by atoms with Crippen molar-refractivity contribution in [1.82, 2.24) is 0 Å². The predicted octanol–water partition coefficient (Wildman–Crippen LogP) is 3.20. The molecule has 1 aliphatic carbocycles. The lowest BCUT2D eigenvalue weighted by Crippen LogP contribution is -2.14. The number of hydrogen-bond acceptors (Lipinski definition) is 3. The third kappa shape index (κ3) is 3.20. The topological polar surface area (TPSA) is 66.9 Å². The molecule has 4 nitrogen and oxygen atoms in total. The molecule has 0 N–H and O–H groups in total. The maximum absolute atomic E-state index is 10.6. The summed E-state index contributed by atoms with van der Waals surface area (Å²) in [5, 5.41) is 19.5. The molecule has 0 aromatic heterocycles. The van der Waals surface area contributed by atoms with Gasteiger partial charge in [0.05, 0.1) is 11.0 Å². The van der Waals surface area contributed by atoms with Gasteiger partial charge >= 0.3 is 0 Å². The molecule has 0 aliphatic heterocycles. The van der Waals surface area contributed by atoms with Crippen LogP contribution < -0.4 is 0 Å². The van der Waals surface area contributed by atoms with E-state index in [1.165, 1.54) is 12.5 Å². The zero-order chi connectivity index (χ0) is 12.0. The summed E-state index contributed by atoms with van der Waals surface area (Å²) in [6, 6.07) is 2.00. The fourth-order valence-electron chi connectivity index (χ4n) is 1.84. The molecule has 1 rings (SSSR count). The number of hydrogen-bond donors (Lipinski definition) is 0. The van der Waals surface area contributed by atoms with Crippen LogP contribution in [0.3, 0.4) is 0 Å². The number of nitriles is 1. The minimum Gasteiger partial charge on any atom is -0.259 e. The van der Waals surface area contributed by atoms with E-state index >= 15 is 0 Å². The number of nitro groups is 1. The van der Waals surface area contributed by atoms with E-state index in [-0.39, 0.29) is 5.70 Å². The maximum Gasteiger partial charge on any atom is 0.263 e. The zero-order valence-electron chi connectivity index (χ0n) is 9.48. The summed E-state index contributed by atoms with van der Waals surface area (Å²) in [4.78, 5) is 10.2. The van der Waals surface area contributed by atoms with Gasteiger partial charge in [0, 0.05) is 6.08 Å². The van der Waals surface area contributed by atoms with Gasteiger partial charge in [-0.1, -0.05) is 31.4 Å². The molecule has 0 heterocycles. The van der Waals surface area contributed by atoms with Crippen LogP contribution in [0.15, 0.2) is 23.4 Å². The van der Waals surface area contributed by atoms with Gasteiger partial charge in [-0.2, -0.15) is 5.26 Å². The van der Waals surface area contributed by atoms with E-state index in [1.807, 2.05) is 12.1 Å². The van der Waals surface area contributed by atoms with Gasteiger partial charge in [-0.3, -0.25) is 10.1 Å². The summed E-state index contributed by atoms with van der Waals surface area (Å²) in [7, 11) is 0. The molecule has 0 spiro atoms. The normalized spacial score (nSPS) is 19.6. The van der Waals surface area contributed by atoms with Crippen molar-refractivity contribution in [1.29, 1.82) is 5.26 Å². The quantitative estimate of drug-likeness (QED) is 0.406. The average Bonchev–Trinajstić information content (AvgIpc) is 2.29. The summed E-state index contributed by atoms with van der Waals surface area (Å²) < 4.78 is 0. The van der Waals surface area contributed by atoms with Crippen molar-refractivity contribution in [2.24, 2.45) is 5.92 Å². The summed E-state index contributed by atoms with van der Waals surface area (Å²) in [6.07, 6.45) is 8.19. The van der Waals surface area contributed by atoms with Gasteiger partial charge in [0.1, 0.15) is 5.92 Å². The molecule has 1 atom stereocenters. The molecule has 0 amide bonds. The van der Waals surface area contributed by atoms with Gasteiger partial charge in [-0.05, 0) is 19.3 Å². The second-order valence-electron chi connectivity index (χ2n) is 4.02.